The van der Waals surface area contributed by atoms with E-state index >= 15 is 0 Å². The van der Waals surface area contributed by atoms with Crippen LogP contribution in [0.2, 0.25) is 0 Å². The molecule has 1 rings (SSSR count). The fraction of sp³-hybridized carbons (Fsp3) is 0.222. The zero-order chi connectivity index (χ0) is 10.7. The minimum atomic E-state index is -1.66. The average Bonchev–Trinajstić information content (AvgIpc) is 2.09. The molecule has 0 saturated carbocycles. The topological polar surface area (TPSA) is 101 Å². The van der Waals surface area contributed by atoms with Gasteiger partial charge in [0.1, 0.15) is 11.5 Å². The van der Waals surface area contributed by atoms with Crippen molar-refractivity contribution in [1.82, 2.24) is 0 Å². The van der Waals surface area contributed by atoms with E-state index in [0.29, 0.717) is 0 Å². The van der Waals surface area contributed by atoms with Gasteiger partial charge in [0.15, 0.2) is 0 Å². The van der Waals surface area contributed by atoms with Crippen molar-refractivity contribution < 1.29 is 25.2 Å². The van der Waals surface area contributed by atoms with E-state index in [-0.39, 0.29) is 23.5 Å². The average molecular weight is 197 g/mol. The summed E-state index contributed by atoms with van der Waals surface area (Å²) in [6, 6.07) is 3.69. The highest BCUT2D eigenvalue weighted by Gasteiger charge is 2.09. The Morgan fingerprint density at radius 3 is 2.57 bits per heavy atom. The van der Waals surface area contributed by atoms with Crippen LogP contribution < -0.4 is 5.11 Å². The standard InChI is InChI=1S/C9H10O5/c10-6-2-1-5(7(11)4-6)3-8(12)9(13)14/h1-2,4,8,10-12H,3H2,(H,13,14)/p-1. The molecular formula is C9H9O5-. The molecule has 0 aliphatic heterocycles. The maximum absolute atomic E-state index is 10.2. The van der Waals surface area contributed by atoms with E-state index in [1.807, 2.05) is 0 Å². The molecule has 14 heavy (non-hydrogen) atoms. The summed E-state index contributed by atoms with van der Waals surface area (Å²) >= 11 is 0. The number of carboxylic acids is 1. The lowest BCUT2D eigenvalue weighted by atomic mass is 10.1. The van der Waals surface area contributed by atoms with Crippen molar-refractivity contribution in [3.63, 3.8) is 0 Å². The predicted octanol–water partition coefficient (Wildman–Crippen LogP) is -1.25. The van der Waals surface area contributed by atoms with Crippen LogP contribution in [0.3, 0.4) is 0 Å². The summed E-state index contributed by atoms with van der Waals surface area (Å²) in [5.74, 6) is -1.99. The van der Waals surface area contributed by atoms with E-state index in [1.54, 1.807) is 0 Å². The molecule has 0 spiro atoms. The zero-order valence-electron chi connectivity index (χ0n) is 7.17. The predicted molar refractivity (Wildman–Crippen MR) is 44.5 cm³/mol. The van der Waals surface area contributed by atoms with Crippen LogP contribution in [0.4, 0.5) is 0 Å². The van der Waals surface area contributed by atoms with Gasteiger partial charge in [0.25, 0.3) is 0 Å². The van der Waals surface area contributed by atoms with E-state index in [0.717, 1.165) is 6.07 Å². The van der Waals surface area contributed by atoms with Crippen molar-refractivity contribution in [2.45, 2.75) is 12.5 Å². The zero-order valence-corrected chi connectivity index (χ0v) is 7.17. The molecule has 0 amide bonds. The van der Waals surface area contributed by atoms with E-state index in [9.17, 15) is 15.0 Å². The van der Waals surface area contributed by atoms with Gasteiger partial charge >= 0.3 is 0 Å². The molecule has 0 aliphatic carbocycles. The Labute approximate surface area is 79.9 Å². The summed E-state index contributed by atoms with van der Waals surface area (Å²) in [7, 11) is 0. The maximum atomic E-state index is 10.2. The molecule has 76 valence electrons. The van der Waals surface area contributed by atoms with Crippen LogP contribution in [0.5, 0.6) is 11.5 Å². The molecule has 0 radical (unpaired) electrons. The molecule has 0 heterocycles. The van der Waals surface area contributed by atoms with Gasteiger partial charge in [-0.3, -0.25) is 0 Å². The van der Waals surface area contributed by atoms with Gasteiger partial charge in [-0.25, -0.2) is 0 Å². The summed E-state index contributed by atoms with van der Waals surface area (Å²) in [4.78, 5) is 10.2. The quantitative estimate of drug-likeness (QED) is 0.562. The van der Waals surface area contributed by atoms with Gasteiger partial charge < -0.3 is 25.2 Å². The second-order valence-corrected chi connectivity index (χ2v) is 2.85. The van der Waals surface area contributed by atoms with Crippen molar-refractivity contribution in [3.05, 3.63) is 23.8 Å². The summed E-state index contributed by atoms with van der Waals surface area (Å²) in [5.41, 5.74) is 0.236. The first-order chi connectivity index (χ1) is 6.50. The number of phenolic OH excluding ortho intramolecular Hbond substituents is 2. The number of carbonyl (C=O) groups is 1. The van der Waals surface area contributed by atoms with Crippen LogP contribution in [-0.2, 0) is 11.2 Å². The number of hydrogen-bond acceptors (Lipinski definition) is 5. The summed E-state index contributed by atoms with van der Waals surface area (Å²) < 4.78 is 0. The van der Waals surface area contributed by atoms with Crippen LogP contribution >= 0.6 is 0 Å². The minimum Gasteiger partial charge on any atom is -0.547 e. The molecular weight excluding hydrogens is 188 g/mol. The molecule has 1 aromatic rings. The van der Waals surface area contributed by atoms with Crippen molar-refractivity contribution in [2.75, 3.05) is 0 Å². The van der Waals surface area contributed by atoms with Crippen molar-refractivity contribution >= 4 is 5.97 Å². The Morgan fingerprint density at radius 1 is 1.43 bits per heavy atom. The number of benzene rings is 1. The van der Waals surface area contributed by atoms with E-state index in [4.69, 9.17) is 10.2 Å². The smallest absolute Gasteiger partial charge is 0.122 e. The first-order valence-electron chi connectivity index (χ1n) is 3.90. The molecule has 3 N–H and O–H groups in total. The van der Waals surface area contributed by atoms with Gasteiger partial charge in [0.05, 0.1) is 12.1 Å². The molecule has 0 fully saturated rings. The number of hydrogen-bond donors (Lipinski definition) is 3. The van der Waals surface area contributed by atoms with E-state index in [2.05, 4.69) is 0 Å². The first kappa shape index (κ1) is 10.3. The van der Waals surface area contributed by atoms with Crippen LogP contribution in [0.25, 0.3) is 0 Å². The Bertz CT molecular complexity index is 347. The molecule has 0 saturated heterocycles. The number of phenols is 2. The molecule has 5 nitrogen and oxygen atoms in total. The number of carbonyl (C=O) groups excluding carboxylic acids is 1. The van der Waals surface area contributed by atoms with Crippen LogP contribution in [0, 0.1) is 0 Å². The molecule has 0 aromatic heterocycles. The highest BCUT2D eigenvalue weighted by Crippen LogP contribution is 2.23. The largest absolute Gasteiger partial charge is 0.547 e. The summed E-state index contributed by atoms with van der Waals surface area (Å²) in [6.45, 7) is 0. The summed E-state index contributed by atoms with van der Waals surface area (Å²) in [6.07, 6.45) is -1.92. The van der Waals surface area contributed by atoms with Gasteiger partial charge in [-0.15, -0.1) is 0 Å². The third-order valence-corrected chi connectivity index (χ3v) is 1.75. The minimum absolute atomic E-state index is 0.130. The number of rotatable bonds is 3. The second-order valence-electron chi connectivity index (χ2n) is 2.85. The van der Waals surface area contributed by atoms with Crippen molar-refractivity contribution in [1.29, 1.82) is 0 Å². The summed E-state index contributed by atoms with van der Waals surface area (Å²) in [5, 5.41) is 37.3. The fourth-order valence-electron chi connectivity index (χ4n) is 1.02. The van der Waals surface area contributed by atoms with Gasteiger partial charge in [-0.05, 0) is 11.6 Å². The van der Waals surface area contributed by atoms with Crippen LogP contribution in [0.15, 0.2) is 18.2 Å². The Hall–Kier alpha value is -1.75. The first-order valence-corrected chi connectivity index (χ1v) is 3.90. The van der Waals surface area contributed by atoms with Gasteiger partial charge in [-0.2, -0.15) is 0 Å². The molecule has 0 aliphatic rings. The second kappa shape index (κ2) is 3.97. The number of aromatic hydroxyl groups is 2. The Balaban J connectivity index is 2.82. The third kappa shape index (κ3) is 2.37. The lowest BCUT2D eigenvalue weighted by molar-refractivity contribution is -0.314. The third-order valence-electron chi connectivity index (χ3n) is 1.75. The fourth-order valence-corrected chi connectivity index (χ4v) is 1.02. The SMILES string of the molecule is O=C([O-])C(O)Cc1ccc(O)cc1O. The molecule has 0 bridgehead atoms. The van der Waals surface area contributed by atoms with Crippen molar-refractivity contribution in [2.24, 2.45) is 0 Å². The molecule has 1 atom stereocenters. The highest BCUT2D eigenvalue weighted by molar-refractivity contribution is 5.70. The maximum Gasteiger partial charge on any atom is 0.122 e. The molecule has 5 heteroatoms. The Kier molecular flexibility index (Phi) is 2.93. The monoisotopic (exact) mass is 197 g/mol. The number of carboxylic acid groups (broad SMARTS) is 1. The molecule has 1 aromatic carbocycles. The van der Waals surface area contributed by atoms with Crippen LogP contribution in [-0.4, -0.2) is 27.4 Å². The number of aliphatic hydroxyl groups excluding tert-OH is 1. The number of aliphatic carboxylic acids is 1. The van der Waals surface area contributed by atoms with E-state index < -0.39 is 12.1 Å². The normalized spacial score (nSPS) is 12.4. The molecule has 1 unspecified atom stereocenters. The van der Waals surface area contributed by atoms with E-state index in [1.165, 1.54) is 12.1 Å². The van der Waals surface area contributed by atoms with Gasteiger partial charge in [-0.1, -0.05) is 6.07 Å². The lowest BCUT2D eigenvalue weighted by Crippen LogP contribution is -2.36. The highest BCUT2D eigenvalue weighted by atomic mass is 16.4. The van der Waals surface area contributed by atoms with Crippen LogP contribution in [0.1, 0.15) is 5.56 Å². The lowest BCUT2D eigenvalue weighted by Gasteiger charge is -2.12. The Morgan fingerprint density at radius 2 is 2.07 bits per heavy atom. The number of aliphatic hydroxyl groups is 1. The van der Waals surface area contributed by atoms with Crippen molar-refractivity contribution in [3.8, 4) is 11.5 Å². The van der Waals surface area contributed by atoms with Gasteiger partial charge in [0, 0.05) is 12.5 Å². The van der Waals surface area contributed by atoms with Gasteiger partial charge in [0.2, 0.25) is 0 Å².